The highest BCUT2D eigenvalue weighted by molar-refractivity contribution is 7.90. The molecule has 0 saturated carbocycles. The Labute approximate surface area is 259 Å². The molecule has 0 bridgehead atoms. The first-order chi connectivity index (χ1) is 20.5. The first kappa shape index (κ1) is 30.9. The van der Waals surface area contributed by atoms with Crippen LogP contribution < -0.4 is 9.46 Å². The smallest absolute Gasteiger partial charge is 0.281 e. The van der Waals surface area contributed by atoms with Crippen LogP contribution in [-0.4, -0.2) is 67.6 Å². The maximum absolute atomic E-state index is 13.5. The third-order valence-electron chi connectivity index (χ3n) is 7.44. The molecule has 1 aliphatic heterocycles. The average molecular weight is 648 g/mol. The maximum Gasteiger partial charge on any atom is 0.281 e. The number of hydrogen-bond donors (Lipinski definition) is 2. The average Bonchev–Trinajstić information content (AvgIpc) is 3.54. The molecule has 2 amide bonds. The molecule has 0 atom stereocenters. The zero-order valence-corrected chi connectivity index (χ0v) is 26.3. The van der Waals surface area contributed by atoms with Crippen molar-refractivity contribution in [3.63, 3.8) is 0 Å². The lowest BCUT2D eigenvalue weighted by atomic mass is 10.1. The van der Waals surface area contributed by atoms with E-state index in [9.17, 15) is 18.0 Å². The van der Waals surface area contributed by atoms with E-state index in [1.165, 1.54) is 23.7 Å². The minimum atomic E-state index is -4.33. The standard InChI is InChI=1S/C30H32Cl2N4O6S/c1-18-15-21(16-19(2)27(18)32)42-12-4-5-23-22-7-6-20(31)17-24(22)33-28(23)29(37)34-43(39,40)26-9-8-25(35(26)3)30(38)36-10-13-41-14-11-36/h6-9,15-17,33H,4-5,10-14H2,1-3H3,(H,34,37). The van der Waals surface area contributed by atoms with E-state index in [-0.39, 0.29) is 22.3 Å². The molecule has 3 heterocycles. The lowest BCUT2D eigenvalue weighted by molar-refractivity contribution is 0.0296. The van der Waals surface area contributed by atoms with Crippen LogP contribution in [0.5, 0.6) is 5.75 Å². The van der Waals surface area contributed by atoms with Crippen molar-refractivity contribution in [2.75, 3.05) is 32.9 Å². The molecule has 228 valence electrons. The highest BCUT2D eigenvalue weighted by Crippen LogP contribution is 2.29. The topological polar surface area (TPSA) is 123 Å². The summed E-state index contributed by atoms with van der Waals surface area (Å²) >= 11 is 12.5. The minimum absolute atomic E-state index is 0.109. The zero-order valence-electron chi connectivity index (χ0n) is 24.0. The molecule has 13 heteroatoms. The number of morpholine rings is 1. The monoisotopic (exact) mass is 646 g/mol. The van der Waals surface area contributed by atoms with Gasteiger partial charge in [0.1, 0.15) is 17.1 Å². The molecule has 2 aromatic carbocycles. The Bertz CT molecular complexity index is 1790. The molecule has 4 aromatic rings. The number of carbonyl (C=O) groups is 2. The van der Waals surface area contributed by atoms with Crippen LogP contribution in [-0.2, 0) is 28.2 Å². The van der Waals surface area contributed by atoms with Crippen molar-refractivity contribution in [1.82, 2.24) is 19.2 Å². The maximum atomic E-state index is 13.5. The van der Waals surface area contributed by atoms with Gasteiger partial charge in [-0.3, -0.25) is 9.59 Å². The molecule has 5 rings (SSSR count). The third-order valence-corrected chi connectivity index (χ3v) is 9.69. The van der Waals surface area contributed by atoms with Gasteiger partial charge in [0, 0.05) is 41.1 Å². The molecule has 2 aromatic heterocycles. The van der Waals surface area contributed by atoms with Gasteiger partial charge in [-0.25, -0.2) is 4.72 Å². The van der Waals surface area contributed by atoms with Crippen LogP contribution in [0.1, 0.15) is 44.1 Å². The van der Waals surface area contributed by atoms with Crippen molar-refractivity contribution in [2.45, 2.75) is 31.7 Å². The van der Waals surface area contributed by atoms with Crippen molar-refractivity contribution < 1.29 is 27.5 Å². The molecule has 2 N–H and O–H groups in total. The number of amides is 2. The molecule has 0 spiro atoms. The van der Waals surface area contributed by atoms with Crippen LogP contribution in [0.3, 0.4) is 0 Å². The van der Waals surface area contributed by atoms with Crippen molar-refractivity contribution in [3.8, 4) is 5.75 Å². The molecular weight excluding hydrogens is 615 g/mol. The summed E-state index contributed by atoms with van der Waals surface area (Å²) in [6.07, 6.45) is 0.979. The van der Waals surface area contributed by atoms with Gasteiger partial charge in [-0.1, -0.05) is 29.3 Å². The van der Waals surface area contributed by atoms with E-state index in [4.69, 9.17) is 32.7 Å². The molecule has 43 heavy (non-hydrogen) atoms. The van der Waals surface area contributed by atoms with Crippen LogP contribution in [0.15, 0.2) is 47.5 Å². The number of benzene rings is 2. The summed E-state index contributed by atoms with van der Waals surface area (Å²) in [5.41, 5.74) is 3.38. The number of nitrogens with one attached hydrogen (secondary N) is 2. The van der Waals surface area contributed by atoms with E-state index in [0.717, 1.165) is 16.5 Å². The Morgan fingerprint density at radius 2 is 1.74 bits per heavy atom. The highest BCUT2D eigenvalue weighted by Gasteiger charge is 2.29. The van der Waals surface area contributed by atoms with Crippen molar-refractivity contribution in [2.24, 2.45) is 7.05 Å². The van der Waals surface area contributed by atoms with Gasteiger partial charge in [0.05, 0.1) is 19.8 Å². The Morgan fingerprint density at radius 1 is 1.05 bits per heavy atom. The second-order valence-electron chi connectivity index (χ2n) is 10.4. The Morgan fingerprint density at radius 3 is 2.44 bits per heavy atom. The molecule has 1 saturated heterocycles. The number of halogens is 2. The van der Waals surface area contributed by atoms with E-state index in [0.29, 0.717) is 72.6 Å². The van der Waals surface area contributed by atoms with Gasteiger partial charge in [-0.05, 0) is 79.8 Å². The van der Waals surface area contributed by atoms with Crippen molar-refractivity contribution in [3.05, 3.63) is 80.6 Å². The number of nitrogens with zero attached hydrogens (tertiary/aromatic N) is 2. The zero-order chi connectivity index (χ0) is 30.9. The molecular formula is C30H32Cl2N4O6S. The number of sulfonamides is 1. The van der Waals surface area contributed by atoms with Gasteiger partial charge >= 0.3 is 0 Å². The SMILES string of the molecule is Cc1cc(OCCCc2c(C(=O)NS(=O)(=O)c3ccc(C(=O)N4CCOCC4)n3C)[nH]c3cc(Cl)ccc23)cc(C)c1Cl. The van der Waals surface area contributed by atoms with Gasteiger partial charge in [0.25, 0.3) is 21.8 Å². The van der Waals surface area contributed by atoms with E-state index in [2.05, 4.69) is 9.71 Å². The van der Waals surface area contributed by atoms with Crippen LogP contribution in [0.25, 0.3) is 10.9 Å². The summed E-state index contributed by atoms with van der Waals surface area (Å²) in [5, 5.41) is 1.71. The van der Waals surface area contributed by atoms with Crippen molar-refractivity contribution >= 4 is 55.9 Å². The summed E-state index contributed by atoms with van der Waals surface area (Å²) < 4.78 is 41.4. The summed E-state index contributed by atoms with van der Waals surface area (Å²) in [6.45, 7) is 5.86. The van der Waals surface area contributed by atoms with Gasteiger partial charge in [-0.2, -0.15) is 8.42 Å². The molecule has 0 radical (unpaired) electrons. The van der Waals surface area contributed by atoms with E-state index < -0.39 is 15.9 Å². The van der Waals surface area contributed by atoms with E-state index >= 15 is 0 Å². The summed E-state index contributed by atoms with van der Waals surface area (Å²) in [4.78, 5) is 31.1. The van der Waals surface area contributed by atoms with Crippen molar-refractivity contribution in [1.29, 1.82) is 0 Å². The number of carbonyl (C=O) groups excluding carboxylic acids is 2. The Balaban J connectivity index is 1.34. The van der Waals surface area contributed by atoms with Crippen LogP contribution >= 0.6 is 23.2 Å². The second kappa shape index (κ2) is 12.6. The van der Waals surface area contributed by atoms with Crippen LogP contribution in [0.2, 0.25) is 10.0 Å². The van der Waals surface area contributed by atoms with E-state index in [1.54, 1.807) is 23.1 Å². The van der Waals surface area contributed by atoms with Gasteiger partial charge in [-0.15, -0.1) is 0 Å². The van der Waals surface area contributed by atoms with Crippen LogP contribution in [0, 0.1) is 13.8 Å². The lowest BCUT2D eigenvalue weighted by Gasteiger charge is -2.27. The molecule has 0 aliphatic carbocycles. The predicted molar refractivity (Wildman–Crippen MR) is 165 cm³/mol. The summed E-state index contributed by atoms with van der Waals surface area (Å²) in [6, 6.07) is 11.7. The third kappa shape index (κ3) is 6.54. The quantitative estimate of drug-likeness (QED) is 0.246. The number of ether oxygens (including phenoxy) is 2. The predicted octanol–water partition coefficient (Wildman–Crippen LogP) is 5.03. The highest BCUT2D eigenvalue weighted by atomic mass is 35.5. The van der Waals surface area contributed by atoms with Gasteiger partial charge in [0.15, 0.2) is 5.03 Å². The number of aromatic nitrogens is 2. The summed E-state index contributed by atoms with van der Waals surface area (Å²) in [5.74, 6) is -0.433. The summed E-state index contributed by atoms with van der Waals surface area (Å²) in [7, 11) is -2.85. The number of aromatic amines is 1. The molecule has 0 unspecified atom stereocenters. The fraction of sp³-hybridized carbons (Fsp3) is 0.333. The van der Waals surface area contributed by atoms with Crippen LogP contribution in [0.4, 0.5) is 0 Å². The van der Waals surface area contributed by atoms with Gasteiger partial charge < -0.3 is 23.9 Å². The number of aryl methyl sites for hydroxylation is 3. The fourth-order valence-corrected chi connectivity index (χ4v) is 6.68. The Kier molecular flexibility index (Phi) is 9.07. The molecule has 1 aliphatic rings. The minimum Gasteiger partial charge on any atom is -0.494 e. The number of fused-ring (bicyclic) bond motifs is 1. The normalized spacial score (nSPS) is 13.8. The van der Waals surface area contributed by atoms with Gasteiger partial charge in [0.2, 0.25) is 0 Å². The molecule has 10 nitrogen and oxygen atoms in total. The lowest BCUT2D eigenvalue weighted by Crippen LogP contribution is -2.41. The molecule has 1 fully saturated rings. The largest absolute Gasteiger partial charge is 0.494 e. The Hall–Kier alpha value is -3.51. The second-order valence-corrected chi connectivity index (χ2v) is 12.9. The first-order valence-corrected chi connectivity index (χ1v) is 16.0. The van der Waals surface area contributed by atoms with E-state index in [1.807, 2.05) is 26.0 Å². The first-order valence-electron chi connectivity index (χ1n) is 13.8. The number of hydrogen-bond acceptors (Lipinski definition) is 6. The fourth-order valence-electron chi connectivity index (χ4n) is 5.24. The number of rotatable bonds is 9. The number of H-pyrrole nitrogens is 1.